The SMILES string of the molecule is COc1cccc(C2=C(Cl)CC#CCC(CN3CCCC3)=C2)c1. The summed E-state index contributed by atoms with van der Waals surface area (Å²) in [7, 11) is 1.69. The Morgan fingerprint density at radius 3 is 2.74 bits per heavy atom. The van der Waals surface area contributed by atoms with Crippen molar-refractivity contribution >= 4 is 17.2 Å². The maximum atomic E-state index is 6.55. The standard InChI is InChI=1S/C20H22ClNO/c1-23-18-9-6-8-17(14-18)19-13-16(7-2-3-10-20(19)21)15-22-11-4-5-12-22/h6,8-9,13-14H,4-5,7,10-12,15H2,1H3. The van der Waals surface area contributed by atoms with Crippen molar-refractivity contribution in [2.75, 3.05) is 26.7 Å². The molecule has 1 aromatic rings. The molecule has 1 aliphatic carbocycles. The number of hydrogen-bond donors (Lipinski definition) is 0. The van der Waals surface area contributed by atoms with E-state index in [4.69, 9.17) is 16.3 Å². The third-order valence-electron chi connectivity index (χ3n) is 4.33. The highest BCUT2D eigenvalue weighted by molar-refractivity contribution is 6.33. The molecule has 3 rings (SSSR count). The molecule has 120 valence electrons. The quantitative estimate of drug-likeness (QED) is 0.757. The molecule has 1 heterocycles. The van der Waals surface area contributed by atoms with Gasteiger partial charge in [-0.3, -0.25) is 4.90 Å². The van der Waals surface area contributed by atoms with Crippen molar-refractivity contribution in [2.45, 2.75) is 25.7 Å². The van der Waals surface area contributed by atoms with E-state index in [0.29, 0.717) is 6.42 Å². The zero-order chi connectivity index (χ0) is 16.1. The fourth-order valence-electron chi connectivity index (χ4n) is 3.10. The molecule has 1 aromatic carbocycles. The zero-order valence-corrected chi connectivity index (χ0v) is 14.3. The van der Waals surface area contributed by atoms with Crippen molar-refractivity contribution in [3.05, 3.63) is 46.5 Å². The second-order valence-corrected chi connectivity index (χ2v) is 6.50. The topological polar surface area (TPSA) is 12.5 Å². The maximum Gasteiger partial charge on any atom is 0.119 e. The van der Waals surface area contributed by atoms with Gasteiger partial charge in [0.05, 0.1) is 7.11 Å². The Hall–Kier alpha value is -1.69. The molecule has 23 heavy (non-hydrogen) atoms. The molecule has 0 radical (unpaired) electrons. The highest BCUT2D eigenvalue weighted by atomic mass is 35.5. The lowest BCUT2D eigenvalue weighted by molar-refractivity contribution is 0.367. The van der Waals surface area contributed by atoms with E-state index in [-0.39, 0.29) is 0 Å². The molecule has 1 fully saturated rings. The normalized spacial score (nSPS) is 18.8. The van der Waals surface area contributed by atoms with Gasteiger partial charge in [0.15, 0.2) is 0 Å². The van der Waals surface area contributed by atoms with Gasteiger partial charge < -0.3 is 4.74 Å². The predicted octanol–water partition coefficient (Wildman–Crippen LogP) is 4.46. The molecule has 0 N–H and O–H groups in total. The van der Waals surface area contributed by atoms with Gasteiger partial charge in [-0.05, 0) is 54.8 Å². The van der Waals surface area contributed by atoms with Gasteiger partial charge in [-0.2, -0.15) is 0 Å². The number of benzene rings is 1. The first-order chi connectivity index (χ1) is 11.3. The Labute approximate surface area is 143 Å². The smallest absolute Gasteiger partial charge is 0.119 e. The fourth-order valence-corrected chi connectivity index (χ4v) is 3.34. The minimum atomic E-state index is 0.613. The van der Waals surface area contributed by atoms with Gasteiger partial charge >= 0.3 is 0 Å². The van der Waals surface area contributed by atoms with Crippen LogP contribution in [0.5, 0.6) is 5.75 Å². The monoisotopic (exact) mass is 327 g/mol. The predicted molar refractivity (Wildman–Crippen MR) is 96.5 cm³/mol. The number of likely N-dealkylation sites (tertiary alicyclic amines) is 1. The number of halogens is 1. The summed E-state index contributed by atoms with van der Waals surface area (Å²) < 4.78 is 5.35. The number of nitrogens with zero attached hydrogens (tertiary/aromatic N) is 1. The fraction of sp³-hybridized carbons (Fsp3) is 0.400. The van der Waals surface area contributed by atoms with Gasteiger partial charge in [0, 0.05) is 24.4 Å². The highest BCUT2D eigenvalue weighted by Gasteiger charge is 2.15. The summed E-state index contributed by atoms with van der Waals surface area (Å²) in [5.74, 6) is 7.29. The Kier molecular flexibility index (Phi) is 5.43. The van der Waals surface area contributed by atoms with E-state index < -0.39 is 0 Å². The molecule has 0 bridgehead atoms. The molecule has 1 aliphatic heterocycles. The van der Waals surface area contributed by atoms with Crippen LogP contribution in [-0.4, -0.2) is 31.6 Å². The van der Waals surface area contributed by atoms with E-state index >= 15 is 0 Å². The molecule has 2 aliphatic rings. The van der Waals surface area contributed by atoms with E-state index in [2.05, 4.69) is 28.9 Å². The van der Waals surface area contributed by atoms with Gasteiger partial charge in [-0.1, -0.05) is 41.7 Å². The summed E-state index contributed by atoms with van der Waals surface area (Å²) in [6.45, 7) is 3.37. The first kappa shape index (κ1) is 16.2. The highest BCUT2D eigenvalue weighted by Crippen LogP contribution is 2.30. The number of allylic oxidation sites excluding steroid dienone is 3. The minimum Gasteiger partial charge on any atom is -0.497 e. The lowest BCUT2D eigenvalue weighted by Crippen LogP contribution is -2.22. The number of hydrogen-bond acceptors (Lipinski definition) is 2. The van der Waals surface area contributed by atoms with E-state index in [1.807, 2.05) is 18.2 Å². The van der Waals surface area contributed by atoms with Crippen LogP contribution in [0.4, 0.5) is 0 Å². The molecule has 0 saturated carbocycles. The van der Waals surface area contributed by atoms with E-state index in [1.54, 1.807) is 7.11 Å². The Bertz CT molecular complexity index is 687. The summed E-state index contributed by atoms with van der Waals surface area (Å²) in [6, 6.07) is 8.08. The van der Waals surface area contributed by atoms with Crippen LogP contribution < -0.4 is 4.74 Å². The van der Waals surface area contributed by atoms with Crippen molar-refractivity contribution in [1.29, 1.82) is 0 Å². The van der Waals surface area contributed by atoms with Gasteiger partial charge in [0.1, 0.15) is 5.75 Å². The summed E-state index contributed by atoms with van der Waals surface area (Å²) in [6.07, 6.45) is 6.29. The summed E-state index contributed by atoms with van der Waals surface area (Å²) in [5.41, 5.74) is 3.51. The number of rotatable bonds is 4. The molecule has 0 unspecified atom stereocenters. The van der Waals surface area contributed by atoms with E-state index in [0.717, 1.165) is 34.9 Å². The summed E-state index contributed by atoms with van der Waals surface area (Å²) in [5, 5.41) is 0.810. The molecule has 0 amide bonds. The molecule has 0 spiro atoms. The van der Waals surface area contributed by atoms with Crippen LogP contribution in [-0.2, 0) is 0 Å². The third-order valence-corrected chi connectivity index (χ3v) is 4.67. The largest absolute Gasteiger partial charge is 0.497 e. The molecule has 3 heteroatoms. The van der Waals surface area contributed by atoms with Crippen molar-refractivity contribution in [3.63, 3.8) is 0 Å². The van der Waals surface area contributed by atoms with Crippen LogP contribution in [0.2, 0.25) is 0 Å². The first-order valence-corrected chi connectivity index (χ1v) is 8.54. The second kappa shape index (κ2) is 7.73. The zero-order valence-electron chi connectivity index (χ0n) is 13.6. The van der Waals surface area contributed by atoms with Crippen LogP contribution in [0, 0.1) is 11.8 Å². The minimum absolute atomic E-state index is 0.613. The average Bonchev–Trinajstić information content (AvgIpc) is 3.07. The van der Waals surface area contributed by atoms with Crippen LogP contribution in [0.3, 0.4) is 0 Å². The summed E-state index contributed by atoms with van der Waals surface area (Å²) in [4.78, 5) is 2.51. The van der Waals surface area contributed by atoms with Crippen molar-refractivity contribution in [3.8, 4) is 17.6 Å². The van der Waals surface area contributed by atoms with Gasteiger partial charge in [-0.15, -0.1) is 0 Å². The Balaban J connectivity index is 1.93. The molecule has 0 aromatic heterocycles. The first-order valence-electron chi connectivity index (χ1n) is 8.17. The van der Waals surface area contributed by atoms with Crippen LogP contribution in [0.25, 0.3) is 5.57 Å². The third kappa shape index (κ3) is 4.19. The molecular formula is C20H22ClNO. The Morgan fingerprint density at radius 1 is 1.17 bits per heavy atom. The molecular weight excluding hydrogens is 306 g/mol. The van der Waals surface area contributed by atoms with Crippen molar-refractivity contribution in [1.82, 2.24) is 4.90 Å². The Morgan fingerprint density at radius 2 is 1.96 bits per heavy atom. The van der Waals surface area contributed by atoms with E-state index in [1.165, 1.54) is 31.5 Å². The van der Waals surface area contributed by atoms with Gasteiger partial charge in [-0.25, -0.2) is 0 Å². The molecule has 2 nitrogen and oxygen atoms in total. The maximum absolute atomic E-state index is 6.55. The van der Waals surface area contributed by atoms with Gasteiger partial charge in [0.25, 0.3) is 0 Å². The van der Waals surface area contributed by atoms with Crippen LogP contribution >= 0.6 is 11.6 Å². The number of methoxy groups -OCH3 is 1. The van der Waals surface area contributed by atoms with Crippen LogP contribution in [0.1, 0.15) is 31.2 Å². The van der Waals surface area contributed by atoms with Crippen molar-refractivity contribution in [2.24, 2.45) is 0 Å². The van der Waals surface area contributed by atoms with Crippen LogP contribution in [0.15, 0.2) is 40.9 Å². The lowest BCUT2D eigenvalue weighted by atomic mass is 9.98. The number of ether oxygens (including phenoxy) is 1. The summed E-state index contributed by atoms with van der Waals surface area (Å²) >= 11 is 6.55. The van der Waals surface area contributed by atoms with Gasteiger partial charge in [0.2, 0.25) is 0 Å². The molecule has 0 atom stereocenters. The van der Waals surface area contributed by atoms with E-state index in [9.17, 15) is 0 Å². The average molecular weight is 328 g/mol. The lowest BCUT2D eigenvalue weighted by Gasteiger charge is -2.18. The second-order valence-electron chi connectivity index (χ2n) is 6.04. The van der Waals surface area contributed by atoms with Crippen molar-refractivity contribution < 1.29 is 4.74 Å². The molecule has 1 saturated heterocycles.